The maximum atomic E-state index is 12.6. The van der Waals surface area contributed by atoms with Crippen molar-refractivity contribution in [1.29, 1.82) is 0 Å². The highest BCUT2D eigenvalue weighted by Gasteiger charge is 2.30. The molecule has 9 heteroatoms. The van der Waals surface area contributed by atoms with Crippen molar-refractivity contribution in [1.82, 2.24) is 10.1 Å². The minimum absolute atomic E-state index is 0.0349. The summed E-state index contributed by atoms with van der Waals surface area (Å²) < 4.78 is 42.7. The number of piperidine rings is 1. The third-order valence-corrected chi connectivity index (χ3v) is 4.73. The van der Waals surface area contributed by atoms with E-state index in [-0.39, 0.29) is 24.2 Å². The van der Waals surface area contributed by atoms with E-state index < -0.39 is 11.7 Å². The summed E-state index contributed by atoms with van der Waals surface area (Å²) in [5.74, 6) is 0.406. The lowest BCUT2D eigenvalue weighted by molar-refractivity contribution is -0.137. The van der Waals surface area contributed by atoms with Gasteiger partial charge in [0.2, 0.25) is 11.8 Å². The summed E-state index contributed by atoms with van der Waals surface area (Å²) in [5, 5.41) is 6.41. The first kappa shape index (κ1) is 19.9. The zero-order chi connectivity index (χ0) is 20.3. The molecule has 6 nitrogen and oxygen atoms in total. The van der Waals surface area contributed by atoms with Crippen LogP contribution in [0.1, 0.15) is 29.7 Å². The van der Waals surface area contributed by atoms with Gasteiger partial charge in [0.25, 0.3) is 0 Å². The van der Waals surface area contributed by atoms with Crippen molar-refractivity contribution in [2.75, 3.05) is 18.4 Å². The molecular weight excluding hydrogens is 375 g/mol. The molecule has 3 rings (SSSR count). The van der Waals surface area contributed by atoms with Crippen molar-refractivity contribution in [3.8, 4) is 0 Å². The number of nitrogens with one attached hydrogen (secondary N) is 1. The minimum atomic E-state index is -4.39. The summed E-state index contributed by atoms with van der Waals surface area (Å²) in [6, 6.07) is 6.22. The van der Waals surface area contributed by atoms with Crippen LogP contribution in [0.5, 0.6) is 0 Å². The Morgan fingerprint density at radius 3 is 2.39 bits per heavy atom. The fourth-order valence-corrected chi connectivity index (χ4v) is 3.14. The third-order valence-electron chi connectivity index (χ3n) is 4.73. The molecule has 1 aromatic heterocycles. The number of hydrogen-bond donors (Lipinski definition) is 1. The van der Waals surface area contributed by atoms with Crippen LogP contribution in [-0.2, 0) is 22.2 Å². The Kier molecular flexibility index (Phi) is 5.71. The Hall–Kier alpha value is -2.84. The second kappa shape index (κ2) is 8.04. The molecule has 1 fully saturated rings. The van der Waals surface area contributed by atoms with Crippen LogP contribution in [0, 0.1) is 12.8 Å². The molecule has 1 saturated heterocycles. The van der Waals surface area contributed by atoms with Crippen LogP contribution in [0.4, 0.5) is 19.0 Å². The van der Waals surface area contributed by atoms with Gasteiger partial charge in [0.15, 0.2) is 5.82 Å². The Morgan fingerprint density at radius 2 is 1.86 bits per heavy atom. The number of likely N-dealkylation sites (tertiary alicyclic amines) is 1. The number of aromatic nitrogens is 1. The van der Waals surface area contributed by atoms with Crippen LogP contribution >= 0.6 is 0 Å². The summed E-state index contributed by atoms with van der Waals surface area (Å²) >= 11 is 0. The second-order valence-corrected chi connectivity index (χ2v) is 6.84. The number of benzene rings is 1. The maximum Gasteiger partial charge on any atom is 0.416 e. The number of aryl methyl sites for hydroxylation is 1. The molecule has 1 aliphatic rings. The predicted octanol–water partition coefficient (Wildman–Crippen LogP) is 3.42. The highest BCUT2D eigenvalue weighted by atomic mass is 19.4. The van der Waals surface area contributed by atoms with Crippen molar-refractivity contribution in [3.63, 3.8) is 0 Å². The summed E-state index contributed by atoms with van der Waals surface area (Å²) in [7, 11) is 0. The van der Waals surface area contributed by atoms with E-state index in [0.29, 0.717) is 43.1 Å². The lowest BCUT2D eigenvalue weighted by atomic mass is 9.95. The molecule has 1 aliphatic heterocycles. The quantitative estimate of drug-likeness (QED) is 0.861. The minimum Gasteiger partial charge on any atom is -0.360 e. The first-order valence-corrected chi connectivity index (χ1v) is 8.90. The van der Waals surface area contributed by atoms with Gasteiger partial charge in [-0.15, -0.1) is 0 Å². The number of amides is 2. The van der Waals surface area contributed by atoms with Gasteiger partial charge in [-0.2, -0.15) is 13.2 Å². The molecule has 0 aliphatic carbocycles. The van der Waals surface area contributed by atoms with Crippen molar-refractivity contribution in [2.24, 2.45) is 5.92 Å². The monoisotopic (exact) mass is 395 g/mol. The van der Waals surface area contributed by atoms with E-state index in [4.69, 9.17) is 4.52 Å². The normalized spacial score (nSPS) is 15.5. The van der Waals surface area contributed by atoms with E-state index in [2.05, 4.69) is 10.5 Å². The van der Waals surface area contributed by atoms with Gasteiger partial charge in [-0.05, 0) is 37.5 Å². The van der Waals surface area contributed by atoms with Crippen LogP contribution in [0.2, 0.25) is 0 Å². The molecule has 0 radical (unpaired) electrons. The average Bonchev–Trinajstić information content (AvgIpc) is 3.06. The van der Waals surface area contributed by atoms with E-state index in [1.807, 2.05) is 0 Å². The molecule has 2 heterocycles. The smallest absolute Gasteiger partial charge is 0.360 e. The Bertz CT molecular complexity index is 838. The molecule has 0 saturated carbocycles. The number of carbonyl (C=O) groups is 2. The average molecular weight is 395 g/mol. The van der Waals surface area contributed by atoms with Gasteiger partial charge in [0.1, 0.15) is 5.76 Å². The fourth-order valence-electron chi connectivity index (χ4n) is 3.14. The topological polar surface area (TPSA) is 75.4 Å². The SMILES string of the molecule is Cc1cc(NC(=O)C2CCN(C(=O)Cc3ccc(C(F)(F)F)cc3)CC2)no1. The number of rotatable bonds is 4. The van der Waals surface area contributed by atoms with Gasteiger partial charge in [-0.3, -0.25) is 9.59 Å². The van der Waals surface area contributed by atoms with E-state index in [1.165, 1.54) is 12.1 Å². The Balaban J connectivity index is 1.49. The number of nitrogens with zero attached hydrogens (tertiary/aromatic N) is 2. The van der Waals surface area contributed by atoms with E-state index >= 15 is 0 Å². The number of hydrogen-bond acceptors (Lipinski definition) is 4. The largest absolute Gasteiger partial charge is 0.416 e. The van der Waals surface area contributed by atoms with Crippen LogP contribution in [0.3, 0.4) is 0 Å². The van der Waals surface area contributed by atoms with E-state index in [0.717, 1.165) is 12.1 Å². The van der Waals surface area contributed by atoms with Gasteiger partial charge < -0.3 is 14.7 Å². The molecular formula is C19H20F3N3O3. The first-order chi connectivity index (χ1) is 13.2. The van der Waals surface area contributed by atoms with Crippen LogP contribution in [-0.4, -0.2) is 35.0 Å². The van der Waals surface area contributed by atoms with E-state index in [9.17, 15) is 22.8 Å². The summed E-state index contributed by atoms with van der Waals surface area (Å²) in [6.07, 6.45) is -3.33. The van der Waals surface area contributed by atoms with Crippen LogP contribution in [0.25, 0.3) is 0 Å². The Labute approximate surface area is 159 Å². The maximum absolute atomic E-state index is 12.6. The van der Waals surface area contributed by atoms with E-state index in [1.54, 1.807) is 17.9 Å². The highest BCUT2D eigenvalue weighted by molar-refractivity contribution is 5.91. The summed E-state index contributed by atoms with van der Waals surface area (Å²) in [6.45, 7) is 2.58. The molecule has 150 valence electrons. The number of halogens is 3. The molecule has 0 unspecified atom stereocenters. The number of anilines is 1. The zero-order valence-corrected chi connectivity index (χ0v) is 15.3. The molecule has 28 heavy (non-hydrogen) atoms. The number of carbonyl (C=O) groups excluding carboxylic acids is 2. The van der Waals surface area contributed by atoms with Crippen molar-refractivity contribution in [3.05, 3.63) is 47.2 Å². The molecule has 1 N–H and O–H groups in total. The van der Waals surface area contributed by atoms with Crippen LogP contribution < -0.4 is 5.32 Å². The molecule has 0 bridgehead atoms. The fraction of sp³-hybridized carbons (Fsp3) is 0.421. The van der Waals surface area contributed by atoms with Gasteiger partial charge >= 0.3 is 6.18 Å². The second-order valence-electron chi connectivity index (χ2n) is 6.84. The van der Waals surface area contributed by atoms with Gasteiger partial charge in [0, 0.05) is 25.1 Å². The zero-order valence-electron chi connectivity index (χ0n) is 15.3. The molecule has 0 spiro atoms. The lowest BCUT2D eigenvalue weighted by Gasteiger charge is -2.31. The highest BCUT2D eigenvalue weighted by Crippen LogP contribution is 2.29. The molecule has 0 atom stereocenters. The number of alkyl halides is 3. The third kappa shape index (κ3) is 4.90. The molecule has 2 amide bonds. The van der Waals surface area contributed by atoms with Crippen molar-refractivity contribution >= 4 is 17.6 Å². The lowest BCUT2D eigenvalue weighted by Crippen LogP contribution is -2.42. The first-order valence-electron chi connectivity index (χ1n) is 8.90. The standard InChI is InChI=1S/C19H20F3N3O3/c1-12-10-16(24-28-12)23-18(27)14-6-8-25(9-7-14)17(26)11-13-2-4-15(5-3-13)19(20,21)22/h2-5,10,14H,6-9,11H2,1H3,(H,23,24,27). The summed E-state index contributed by atoms with van der Waals surface area (Å²) in [4.78, 5) is 26.3. The Morgan fingerprint density at radius 1 is 1.21 bits per heavy atom. The van der Waals surface area contributed by atoms with Gasteiger partial charge in [-0.25, -0.2) is 0 Å². The molecule has 1 aromatic carbocycles. The van der Waals surface area contributed by atoms with Crippen LogP contribution in [0.15, 0.2) is 34.9 Å². The predicted molar refractivity (Wildman–Crippen MR) is 94.3 cm³/mol. The van der Waals surface area contributed by atoms with Gasteiger partial charge in [0.05, 0.1) is 12.0 Å². The molecule has 2 aromatic rings. The van der Waals surface area contributed by atoms with Crippen molar-refractivity contribution < 1.29 is 27.3 Å². The van der Waals surface area contributed by atoms with Crippen molar-refractivity contribution in [2.45, 2.75) is 32.4 Å². The summed E-state index contributed by atoms with van der Waals surface area (Å²) in [5.41, 5.74) is -0.211. The van der Waals surface area contributed by atoms with Gasteiger partial charge in [-0.1, -0.05) is 17.3 Å².